The molecule has 0 aromatic heterocycles. The fraction of sp³-hybridized carbons (Fsp3) is 0. The Balaban J connectivity index is 1.80. The number of Topliss-reactive ketones (excluding diaryl/α,β-unsaturated/α-hetero) is 1. The lowest BCUT2D eigenvalue weighted by atomic mass is 9.95. The molecule has 1 aliphatic heterocycles. The molecule has 0 unspecified atom stereocenters. The number of fused-ring (bicyclic) bond motifs is 3. The summed E-state index contributed by atoms with van der Waals surface area (Å²) in [7, 11) is 0. The number of phenols is 2. The Morgan fingerprint density at radius 3 is 2.00 bits per heavy atom. The highest BCUT2D eigenvalue weighted by Gasteiger charge is 2.31. The Labute approximate surface area is 164 Å². The van der Waals surface area contributed by atoms with Crippen LogP contribution < -0.4 is 4.74 Å². The van der Waals surface area contributed by atoms with Crippen molar-refractivity contribution >= 4 is 45.0 Å². The first-order chi connectivity index (χ1) is 13.6. The number of hydrogen-bond donors (Lipinski definition) is 2. The lowest BCUT2D eigenvalue weighted by Crippen LogP contribution is -1.98. The Hall–Kier alpha value is -3.50. The van der Waals surface area contributed by atoms with Gasteiger partial charge in [0.15, 0.2) is 17.3 Å². The van der Waals surface area contributed by atoms with Crippen LogP contribution in [0.3, 0.4) is 0 Å². The van der Waals surface area contributed by atoms with Crippen LogP contribution in [0, 0.1) is 0 Å². The molecule has 0 aliphatic carbocycles. The maximum atomic E-state index is 12.8. The van der Waals surface area contributed by atoms with Gasteiger partial charge in [0.2, 0.25) is 11.5 Å². The van der Waals surface area contributed by atoms with Crippen molar-refractivity contribution in [3.63, 3.8) is 0 Å². The van der Waals surface area contributed by atoms with E-state index in [1.807, 2.05) is 48.5 Å². The molecule has 4 aromatic carbocycles. The molecule has 4 aromatic rings. The molecule has 0 saturated heterocycles. The molecule has 28 heavy (non-hydrogen) atoms. The van der Waals surface area contributed by atoms with Crippen LogP contribution >= 0.6 is 11.6 Å². The molecule has 0 bridgehead atoms. The van der Waals surface area contributed by atoms with Crippen molar-refractivity contribution in [1.82, 2.24) is 0 Å². The van der Waals surface area contributed by atoms with E-state index in [1.54, 1.807) is 6.08 Å². The summed E-state index contributed by atoms with van der Waals surface area (Å²) in [5.74, 6) is -1.09. The molecule has 0 saturated carbocycles. The largest absolute Gasteiger partial charge is 0.504 e. The first kappa shape index (κ1) is 16.7. The van der Waals surface area contributed by atoms with E-state index < -0.39 is 5.75 Å². The normalized spacial score (nSPS) is 14.6. The number of phenolic OH excluding ortho intramolecular Hbond substituents is 2. The zero-order valence-corrected chi connectivity index (χ0v) is 15.2. The minimum atomic E-state index is -0.444. The van der Waals surface area contributed by atoms with Crippen LogP contribution in [0.4, 0.5) is 0 Å². The van der Waals surface area contributed by atoms with Crippen LogP contribution in [0.15, 0.2) is 66.4 Å². The van der Waals surface area contributed by atoms with Gasteiger partial charge in [-0.2, -0.15) is 0 Å². The van der Waals surface area contributed by atoms with Crippen molar-refractivity contribution in [2.45, 2.75) is 0 Å². The number of allylic oxidation sites excluding steroid dienone is 1. The van der Waals surface area contributed by atoms with Crippen LogP contribution in [-0.4, -0.2) is 16.0 Å². The molecule has 0 radical (unpaired) electrons. The second-order valence-corrected chi connectivity index (χ2v) is 6.95. The number of carbonyl (C=O) groups is 1. The Morgan fingerprint density at radius 2 is 1.39 bits per heavy atom. The summed E-state index contributed by atoms with van der Waals surface area (Å²) >= 11 is 6.62. The summed E-state index contributed by atoms with van der Waals surface area (Å²) in [6, 6.07) is 18.1. The Bertz CT molecular complexity index is 1280. The molecule has 1 heterocycles. The number of hydrogen-bond acceptors (Lipinski definition) is 4. The molecule has 5 rings (SSSR count). The summed E-state index contributed by atoms with van der Waals surface area (Å²) in [6.07, 6.45) is 1.67. The summed E-state index contributed by atoms with van der Waals surface area (Å²) in [5, 5.41) is 23.9. The molecule has 2 N–H and O–H groups in total. The van der Waals surface area contributed by atoms with Gasteiger partial charge in [0.1, 0.15) is 0 Å². The fourth-order valence-electron chi connectivity index (χ4n) is 3.62. The highest BCUT2D eigenvalue weighted by molar-refractivity contribution is 6.41. The van der Waals surface area contributed by atoms with Crippen LogP contribution in [0.5, 0.6) is 17.2 Å². The van der Waals surface area contributed by atoms with Crippen LogP contribution in [0.25, 0.3) is 27.6 Å². The number of ketones is 1. The molecule has 5 heteroatoms. The third-order valence-corrected chi connectivity index (χ3v) is 5.38. The van der Waals surface area contributed by atoms with Crippen molar-refractivity contribution in [3.8, 4) is 17.2 Å². The predicted octanol–water partition coefficient (Wildman–Crippen LogP) is 5.67. The summed E-state index contributed by atoms with van der Waals surface area (Å²) in [5.41, 5.74) is 1.01. The molecular formula is C23H13ClO4. The van der Waals surface area contributed by atoms with Crippen LogP contribution in [0.2, 0.25) is 5.02 Å². The van der Waals surface area contributed by atoms with Crippen molar-refractivity contribution in [3.05, 3.63) is 82.6 Å². The molecule has 0 spiro atoms. The summed E-state index contributed by atoms with van der Waals surface area (Å²) < 4.78 is 5.63. The average Bonchev–Trinajstić information content (AvgIpc) is 3.04. The topological polar surface area (TPSA) is 66.8 Å². The summed E-state index contributed by atoms with van der Waals surface area (Å²) in [6.45, 7) is 0. The maximum absolute atomic E-state index is 12.8. The van der Waals surface area contributed by atoms with Gasteiger partial charge in [-0.1, -0.05) is 60.1 Å². The number of ether oxygens (including phenoxy) is 1. The van der Waals surface area contributed by atoms with Crippen LogP contribution in [-0.2, 0) is 0 Å². The maximum Gasteiger partial charge on any atom is 0.232 e. The monoisotopic (exact) mass is 388 g/mol. The Morgan fingerprint density at radius 1 is 0.821 bits per heavy atom. The molecule has 136 valence electrons. The molecular weight excluding hydrogens is 376 g/mol. The minimum Gasteiger partial charge on any atom is -0.504 e. The zero-order valence-electron chi connectivity index (χ0n) is 14.4. The molecule has 0 amide bonds. The third kappa shape index (κ3) is 2.28. The van der Waals surface area contributed by atoms with E-state index in [4.69, 9.17) is 16.3 Å². The molecule has 4 nitrogen and oxygen atoms in total. The zero-order chi connectivity index (χ0) is 19.4. The number of rotatable bonds is 1. The average molecular weight is 389 g/mol. The van der Waals surface area contributed by atoms with E-state index in [-0.39, 0.29) is 28.6 Å². The highest BCUT2D eigenvalue weighted by Crippen LogP contribution is 2.45. The van der Waals surface area contributed by atoms with Crippen molar-refractivity contribution in [2.24, 2.45) is 0 Å². The lowest BCUT2D eigenvalue weighted by molar-refractivity contribution is 0.101. The van der Waals surface area contributed by atoms with Gasteiger partial charge >= 0.3 is 0 Å². The standard InChI is InChI=1S/C23H13ClO4/c24-20-14-7-3-1-5-12(14)17(13-6-2-4-8-15(13)20)11-19-21(26)16-9-10-18(25)22(27)23(16)28-19/h1-11,25,27H. The first-order valence-corrected chi connectivity index (χ1v) is 9.02. The van der Waals surface area contributed by atoms with Gasteiger partial charge in [-0.25, -0.2) is 0 Å². The second kappa shape index (κ2) is 6.01. The second-order valence-electron chi connectivity index (χ2n) is 6.57. The van der Waals surface area contributed by atoms with Gasteiger partial charge in [0.25, 0.3) is 0 Å². The third-order valence-electron chi connectivity index (χ3n) is 4.97. The van der Waals surface area contributed by atoms with Gasteiger partial charge < -0.3 is 14.9 Å². The van der Waals surface area contributed by atoms with Gasteiger partial charge in [-0.15, -0.1) is 0 Å². The number of carbonyl (C=O) groups excluding carboxylic acids is 1. The predicted molar refractivity (Wildman–Crippen MR) is 109 cm³/mol. The van der Waals surface area contributed by atoms with Gasteiger partial charge in [0, 0.05) is 10.8 Å². The smallest absolute Gasteiger partial charge is 0.232 e. The van der Waals surface area contributed by atoms with E-state index in [2.05, 4.69) is 0 Å². The lowest BCUT2D eigenvalue weighted by Gasteiger charge is -2.11. The molecule has 0 fully saturated rings. The first-order valence-electron chi connectivity index (χ1n) is 8.64. The number of halogens is 1. The van der Waals surface area contributed by atoms with Crippen molar-refractivity contribution in [2.75, 3.05) is 0 Å². The molecule has 1 aliphatic rings. The molecule has 0 atom stereocenters. The van der Waals surface area contributed by atoms with E-state index in [0.29, 0.717) is 5.02 Å². The van der Waals surface area contributed by atoms with E-state index >= 15 is 0 Å². The van der Waals surface area contributed by atoms with Gasteiger partial charge in [0.05, 0.1) is 10.6 Å². The highest BCUT2D eigenvalue weighted by atomic mass is 35.5. The van der Waals surface area contributed by atoms with Crippen molar-refractivity contribution < 1.29 is 19.7 Å². The summed E-state index contributed by atoms with van der Waals surface area (Å²) in [4.78, 5) is 12.8. The van der Waals surface area contributed by atoms with Gasteiger partial charge in [-0.05, 0) is 34.5 Å². The quantitative estimate of drug-likeness (QED) is 0.250. The SMILES string of the molecule is O=C1C(=Cc2c3ccccc3c(Cl)c3ccccc23)Oc2c1ccc(O)c2O. The van der Waals surface area contributed by atoms with E-state index in [0.717, 1.165) is 27.1 Å². The van der Waals surface area contributed by atoms with Gasteiger partial charge in [-0.3, -0.25) is 4.79 Å². The van der Waals surface area contributed by atoms with E-state index in [9.17, 15) is 15.0 Å². The van der Waals surface area contributed by atoms with Crippen molar-refractivity contribution in [1.29, 1.82) is 0 Å². The number of benzene rings is 4. The Kier molecular flexibility index (Phi) is 3.57. The van der Waals surface area contributed by atoms with Crippen LogP contribution in [0.1, 0.15) is 15.9 Å². The number of aromatic hydroxyl groups is 2. The fourth-order valence-corrected chi connectivity index (χ4v) is 3.95. The van der Waals surface area contributed by atoms with E-state index in [1.165, 1.54) is 12.1 Å². The minimum absolute atomic E-state index is 0.0289.